The van der Waals surface area contributed by atoms with Crippen molar-refractivity contribution in [1.82, 2.24) is 14.5 Å². The number of unbranched alkanes of at least 4 members (excludes halogenated alkanes) is 1. The molecule has 0 saturated carbocycles. The zero-order chi connectivity index (χ0) is 18.8. The maximum atomic E-state index is 12.7. The number of H-pyrrole nitrogens is 1. The second kappa shape index (κ2) is 7.45. The van der Waals surface area contributed by atoms with Crippen LogP contribution in [0.2, 0.25) is 0 Å². The lowest BCUT2D eigenvalue weighted by Gasteiger charge is -2.37. The normalized spacial score (nSPS) is 16.4. The van der Waals surface area contributed by atoms with Gasteiger partial charge in [0.2, 0.25) is 11.8 Å². The largest absolute Gasteiger partial charge is 0.494 e. The Morgan fingerprint density at radius 2 is 2.12 bits per heavy atom. The van der Waals surface area contributed by atoms with Gasteiger partial charge in [-0.05, 0) is 36.2 Å². The van der Waals surface area contributed by atoms with Gasteiger partial charge in [-0.1, -0.05) is 37.6 Å². The van der Waals surface area contributed by atoms with Crippen LogP contribution in [-0.4, -0.2) is 32.0 Å². The van der Waals surface area contributed by atoms with E-state index >= 15 is 0 Å². The number of benzene rings is 1. The third-order valence-electron chi connectivity index (χ3n) is 4.90. The third-order valence-corrected chi connectivity index (χ3v) is 5.23. The van der Waals surface area contributed by atoms with Gasteiger partial charge >= 0.3 is 0 Å². The first-order valence-corrected chi connectivity index (χ1v) is 9.27. The van der Waals surface area contributed by atoms with Gasteiger partial charge in [0, 0.05) is 20.0 Å². The first kappa shape index (κ1) is 18.4. The minimum Gasteiger partial charge on any atom is -0.494 e. The molecule has 0 spiro atoms. The van der Waals surface area contributed by atoms with Crippen molar-refractivity contribution in [3.63, 3.8) is 0 Å². The van der Waals surface area contributed by atoms with Crippen LogP contribution in [0.5, 0.6) is 5.88 Å². The first-order chi connectivity index (χ1) is 12.5. The Labute approximate surface area is 157 Å². The second-order valence-corrected chi connectivity index (χ2v) is 6.95. The van der Waals surface area contributed by atoms with Gasteiger partial charge < -0.3 is 10.0 Å². The Morgan fingerprint density at radius 1 is 1.38 bits per heavy atom. The molecular weight excluding hydrogens is 350 g/mol. The van der Waals surface area contributed by atoms with Crippen molar-refractivity contribution in [2.75, 3.05) is 6.54 Å². The van der Waals surface area contributed by atoms with Gasteiger partial charge in [0.25, 0.3) is 5.56 Å². The van der Waals surface area contributed by atoms with Crippen molar-refractivity contribution in [2.24, 2.45) is 0 Å². The van der Waals surface area contributed by atoms with Crippen LogP contribution in [0.3, 0.4) is 0 Å². The number of aromatic amines is 1. The molecule has 1 aromatic heterocycles. The average molecular weight is 373 g/mol. The lowest BCUT2D eigenvalue weighted by Crippen LogP contribution is -2.41. The van der Waals surface area contributed by atoms with Crippen LogP contribution in [0, 0.1) is 4.77 Å². The molecule has 1 aromatic carbocycles. The van der Waals surface area contributed by atoms with Gasteiger partial charge in [-0.2, -0.15) is 0 Å². The maximum Gasteiger partial charge on any atom is 0.261 e. The number of hydrogen-bond donors (Lipinski definition) is 2. The van der Waals surface area contributed by atoms with E-state index in [1.165, 1.54) is 6.92 Å². The summed E-state index contributed by atoms with van der Waals surface area (Å²) in [4.78, 5) is 29.3. The monoisotopic (exact) mass is 373 g/mol. The first-order valence-electron chi connectivity index (χ1n) is 8.86. The number of rotatable bonds is 4. The summed E-state index contributed by atoms with van der Waals surface area (Å²) in [6.07, 6.45) is 2.48. The summed E-state index contributed by atoms with van der Waals surface area (Å²) >= 11 is 5.23. The van der Waals surface area contributed by atoms with Gasteiger partial charge in [0.15, 0.2) is 4.77 Å². The lowest BCUT2D eigenvalue weighted by molar-refractivity contribution is -0.130. The summed E-state index contributed by atoms with van der Waals surface area (Å²) in [5, 5.41) is 10.9. The molecule has 0 radical (unpaired) electrons. The van der Waals surface area contributed by atoms with Crippen LogP contribution in [-0.2, 0) is 17.8 Å². The van der Waals surface area contributed by atoms with E-state index in [2.05, 4.69) is 4.98 Å². The number of carbonyl (C=O) groups is 1. The van der Waals surface area contributed by atoms with Crippen molar-refractivity contribution in [1.29, 1.82) is 0 Å². The fourth-order valence-electron chi connectivity index (χ4n) is 3.56. The summed E-state index contributed by atoms with van der Waals surface area (Å²) in [5.41, 5.74) is 1.68. The molecule has 26 heavy (non-hydrogen) atoms. The molecule has 3 rings (SSSR count). The van der Waals surface area contributed by atoms with E-state index in [1.807, 2.05) is 31.2 Å². The van der Waals surface area contributed by atoms with Crippen molar-refractivity contribution in [2.45, 2.75) is 45.7 Å². The molecule has 1 amide bonds. The predicted octanol–water partition coefficient (Wildman–Crippen LogP) is 2.91. The van der Waals surface area contributed by atoms with E-state index in [0.29, 0.717) is 13.1 Å². The van der Waals surface area contributed by atoms with Crippen LogP contribution in [0.1, 0.15) is 49.4 Å². The van der Waals surface area contributed by atoms with Gasteiger partial charge in [-0.25, -0.2) is 0 Å². The number of fused-ring (bicyclic) bond motifs is 1. The highest BCUT2D eigenvalue weighted by Crippen LogP contribution is 2.37. The smallest absolute Gasteiger partial charge is 0.261 e. The number of aromatic nitrogens is 2. The van der Waals surface area contributed by atoms with Gasteiger partial charge in [0.1, 0.15) is 5.56 Å². The molecule has 0 saturated heterocycles. The van der Waals surface area contributed by atoms with Crippen LogP contribution in [0.15, 0.2) is 29.1 Å². The van der Waals surface area contributed by atoms with Crippen LogP contribution in [0.25, 0.3) is 0 Å². The fourth-order valence-corrected chi connectivity index (χ4v) is 3.83. The van der Waals surface area contributed by atoms with Crippen molar-refractivity contribution < 1.29 is 9.90 Å². The van der Waals surface area contributed by atoms with E-state index in [4.69, 9.17) is 12.2 Å². The SMILES string of the molecule is CCCCn1c(O)c([C@@H]2c3ccccc3CCN2C(C)=O)c(=O)[nH]c1=S. The van der Waals surface area contributed by atoms with Crippen LogP contribution in [0.4, 0.5) is 0 Å². The van der Waals surface area contributed by atoms with Gasteiger partial charge in [-0.3, -0.25) is 19.1 Å². The minimum atomic E-state index is -0.621. The lowest BCUT2D eigenvalue weighted by atomic mass is 9.89. The molecule has 1 aliphatic rings. The molecule has 7 heteroatoms. The van der Waals surface area contributed by atoms with E-state index in [-0.39, 0.29) is 22.1 Å². The second-order valence-electron chi connectivity index (χ2n) is 6.57. The number of amides is 1. The summed E-state index contributed by atoms with van der Waals surface area (Å²) < 4.78 is 1.74. The average Bonchev–Trinajstić information content (AvgIpc) is 2.61. The molecular formula is C19H23N3O3S. The van der Waals surface area contributed by atoms with Crippen molar-refractivity contribution >= 4 is 18.1 Å². The van der Waals surface area contributed by atoms with Gasteiger partial charge in [-0.15, -0.1) is 0 Å². The molecule has 0 fully saturated rings. The molecule has 6 nitrogen and oxygen atoms in total. The highest BCUT2D eigenvalue weighted by Gasteiger charge is 2.34. The Balaban J connectivity index is 2.24. The fraction of sp³-hybridized carbons (Fsp3) is 0.421. The molecule has 1 atom stereocenters. The van der Waals surface area contributed by atoms with Crippen LogP contribution < -0.4 is 5.56 Å². The predicted molar refractivity (Wildman–Crippen MR) is 102 cm³/mol. The summed E-state index contributed by atoms with van der Waals surface area (Å²) in [6, 6.07) is 7.11. The summed E-state index contributed by atoms with van der Waals surface area (Å²) in [7, 11) is 0. The molecule has 138 valence electrons. The highest BCUT2D eigenvalue weighted by molar-refractivity contribution is 7.71. The zero-order valence-electron chi connectivity index (χ0n) is 15.0. The molecule has 0 bridgehead atoms. The summed E-state index contributed by atoms with van der Waals surface area (Å²) in [5.74, 6) is -0.286. The highest BCUT2D eigenvalue weighted by atomic mass is 32.1. The number of nitrogens with one attached hydrogen (secondary N) is 1. The molecule has 2 heterocycles. The Kier molecular flexibility index (Phi) is 5.27. The van der Waals surface area contributed by atoms with Crippen molar-refractivity contribution in [3.8, 4) is 5.88 Å². The van der Waals surface area contributed by atoms with Gasteiger partial charge in [0.05, 0.1) is 6.04 Å². The number of nitrogens with zero attached hydrogens (tertiary/aromatic N) is 2. The standard InChI is InChI=1S/C19H23N3O3S/c1-3-4-10-22-18(25)15(17(24)20-19(22)26)16-14-8-6-5-7-13(14)9-11-21(16)12(2)23/h5-8,16,25H,3-4,9-11H2,1-2H3,(H,20,24,26)/t16-/m0/s1. The number of aromatic hydroxyl groups is 1. The van der Waals surface area contributed by atoms with E-state index in [1.54, 1.807) is 9.47 Å². The van der Waals surface area contributed by atoms with Crippen molar-refractivity contribution in [3.05, 3.63) is 56.1 Å². The quantitative estimate of drug-likeness (QED) is 0.808. The Morgan fingerprint density at radius 3 is 2.81 bits per heavy atom. The third kappa shape index (κ3) is 3.19. The molecule has 2 aromatic rings. The molecule has 2 N–H and O–H groups in total. The minimum absolute atomic E-state index is 0.133. The Hall–Kier alpha value is -2.41. The molecule has 0 aliphatic carbocycles. The van der Waals surface area contributed by atoms with E-state index in [0.717, 1.165) is 30.4 Å². The zero-order valence-corrected chi connectivity index (χ0v) is 15.8. The van der Waals surface area contributed by atoms with E-state index < -0.39 is 11.6 Å². The number of hydrogen-bond acceptors (Lipinski definition) is 4. The van der Waals surface area contributed by atoms with Crippen LogP contribution >= 0.6 is 12.2 Å². The number of carbonyl (C=O) groups excluding carboxylic acids is 1. The topological polar surface area (TPSA) is 78.3 Å². The van der Waals surface area contributed by atoms with E-state index in [9.17, 15) is 14.7 Å². The molecule has 0 unspecified atom stereocenters. The molecule has 1 aliphatic heterocycles. The summed E-state index contributed by atoms with van der Waals surface area (Å²) in [6.45, 7) is 4.54. The Bertz CT molecular complexity index is 948. The maximum absolute atomic E-state index is 12.7.